The predicted octanol–water partition coefficient (Wildman–Crippen LogP) is 3.41. The van der Waals surface area contributed by atoms with Crippen LogP contribution in [0.25, 0.3) is 0 Å². The molecule has 1 amide bonds. The van der Waals surface area contributed by atoms with Gasteiger partial charge in [-0.2, -0.15) is 5.26 Å². The first-order valence-electron chi connectivity index (χ1n) is 7.97. The molecule has 112 valence electrons. The van der Waals surface area contributed by atoms with Gasteiger partial charge in [0.25, 0.3) is 0 Å². The number of benzene rings is 1. The van der Waals surface area contributed by atoms with Crippen LogP contribution in [0, 0.1) is 23.2 Å². The van der Waals surface area contributed by atoms with E-state index in [1.165, 1.54) is 12.8 Å². The van der Waals surface area contributed by atoms with Crippen molar-refractivity contribution < 1.29 is 4.79 Å². The lowest BCUT2D eigenvalue weighted by molar-refractivity contribution is -0.133. The zero-order chi connectivity index (χ0) is 15.1. The number of amides is 1. The number of hydrogen-bond acceptors (Lipinski definition) is 2. The summed E-state index contributed by atoms with van der Waals surface area (Å²) in [6.07, 6.45) is 5.05. The Morgan fingerprint density at radius 2 is 2.10 bits per heavy atom. The minimum Gasteiger partial charge on any atom is -0.342 e. The van der Waals surface area contributed by atoms with Crippen LogP contribution in [0.1, 0.15) is 38.2 Å². The van der Waals surface area contributed by atoms with E-state index in [1.807, 2.05) is 35.2 Å². The van der Waals surface area contributed by atoms with Gasteiger partial charge in [-0.1, -0.05) is 43.7 Å². The second-order valence-corrected chi connectivity index (χ2v) is 5.90. The van der Waals surface area contributed by atoms with Crippen LogP contribution >= 0.6 is 0 Å². The van der Waals surface area contributed by atoms with Crippen LogP contribution < -0.4 is 0 Å². The van der Waals surface area contributed by atoms with Gasteiger partial charge in [-0.05, 0) is 37.2 Å². The predicted molar refractivity (Wildman–Crippen MR) is 83.5 cm³/mol. The zero-order valence-electron chi connectivity index (χ0n) is 12.8. The Balaban J connectivity index is 1.98. The van der Waals surface area contributed by atoms with E-state index in [2.05, 4.69) is 13.0 Å². The Kier molecular flexibility index (Phi) is 5.80. The van der Waals surface area contributed by atoms with Crippen LogP contribution in [-0.4, -0.2) is 23.9 Å². The van der Waals surface area contributed by atoms with Crippen molar-refractivity contribution in [1.82, 2.24) is 4.90 Å². The Labute approximate surface area is 127 Å². The molecule has 2 unspecified atom stereocenters. The Morgan fingerprint density at radius 3 is 2.76 bits per heavy atom. The van der Waals surface area contributed by atoms with E-state index in [9.17, 15) is 10.1 Å². The third kappa shape index (κ3) is 4.32. The maximum absolute atomic E-state index is 12.6. The number of rotatable bonds is 4. The lowest BCUT2D eigenvalue weighted by Gasteiger charge is -2.23. The third-order valence-electron chi connectivity index (χ3n) is 4.47. The lowest BCUT2D eigenvalue weighted by atomic mass is 9.98. The van der Waals surface area contributed by atoms with Crippen molar-refractivity contribution in [2.45, 2.75) is 39.0 Å². The largest absolute Gasteiger partial charge is 0.342 e. The molecule has 1 fully saturated rings. The number of likely N-dealkylation sites (tertiary alicyclic amines) is 1. The molecule has 1 heterocycles. The molecule has 1 aliphatic rings. The highest BCUT2D eigenvalue weighted by atomic mass is 16.2. The molecule has 0 bridgehead atoms. The first-order chi connectivity index (χ1) is 10.2. The molecule has 1 saturated heterocycles. The first kappa shape index (κ1) is 15.6. The van der Waals surface area contributed by atoms with Gasteiger partial charge in [-0.3, -0.25) is 4.79 Å². The summed E-state index contributed by atoms with van der Waals surface area (Å²) in [7, 11) is 0. The molecule has 1 aromatic carbocycles. The van der Waals surface area contributed by atoms with E-state index < -0.39 is 5.92 Å². The standard InChI is InChI=1S/C18H24N2O/c1-2-15-9-6-11-20(12-10-15)18(21)17(14-19)13-16-7-4-3-5-8-16/h3-5,7-8,15,17H,2,6,9-13H2,1H3. The molecule has 1 aliphatic heterocycles. The normalized spacial score (nSPS) is 20.4. The topological polar surface area (TPSA) is 44.1 Å². The van der Waals surface area contributed by atoms with E-state index in [1.54, 1.807) is 0 Å². The number of carbonyl (C=O) groups excluding carboxylic acids is 1. The third-order valence-corrected chi connectivity index (χ3v) is 4.47. The van der Waals surface area contributed by atoms with Gasteiger partial charge in [0, 0.05) is 13.1 Å². The number of carbonyl (C=O) groups is 1. The summed E-state index contributed by atoms with van der Waals surface area (Å²) in [5.74, 6) is 0.196. The summed E-state index contributed by atoms with van der Waals surface area (Å²) in [5.41, 5.74) is 1.05. The average molecular weight is 284 g/mol. The molecule has 3 heteroatoms. The fraction of sp³-hybridized carbons (Fsp3) is 0.556. The second-order valence-electron chi connectivity index (χ2n) is 5.90. The Hall–Kier alpha value is -1.82. The van der Waals surface area contributed by atoms with E-state index in [0.29, 0.717) is 6.42 Å². The van der Waals surface area contributed by atoms with Crippen LogP contribution in [0.15, 0.2) is 30.3 Å². The first-order valence-corrected chi connectivity index (χ1v) is 7.97. The molecular formula is C18H24N2O. The minimum absolute atomic E-state index is 0.0121. The summed E-state index contributed by atoms with van der Waals surface area (Å²) >= 11 is 0. The fourth-order valence-corrected chi connectivity index (χ4v) is 3.05. The average Bonchev–Trinajstić information content (AvgIpc) is 2.78. The van der Waals surface area contributed by atoms with E-state index in [-0.39, 0.29) is 5.91 Å². The van der Waals surface area contributed by atoms with Gasteiger partial charge in [0.2, 0.25) is 5.91 Å². The molecular weight excluding hydrogens is 260 g/mol. The summed E-state index contributed by atoms with van der Waals surface area (Å²) < 4.78 is 0. The van der Waals surface area contributed by atoms with Gasteiger partial charge < -0.3 is 4.90 Å². The molecule has 2 atom stereocenters. The van der Waals surface area contributed by atoms with Gasteiger partial charge in [0.1, 0.15) is 5.92 Å². The van der Waals surface area contributed by atoms with Gasteiger partial charge in [-0.25, -0.2) is 0 Å². The maximum Gasteiger partial charge on any atom is 0.240 e. The molecule has 1 aromatic rings. The molecule has 0 aliphatic carbocycles. The van der Waals surface area contributed by atoms with Gasteiger partial charge in [0.05, 0.1) is 6.07 Å². The Bertz CT molecular complexity index is 492. The van der Waals surface area contributed by atoms with Crippen LogP contribution in [0.2, 0.25) is 0 Å². The maximum atomic E-state index is 12.6. The van der Waals surface area contributed by atoms with Crippen molar-refractivity contribution >= 4 is 5.91 Å². The Morgan fingerprint density at radius 1 is 1.33 bits per heavy atom. The summed E-state index contributed by atoms with van der Waals surface area (Å²) in [5, 5.41) is 9.36. The molecule has 0 aromatic heterocycles. The van der Waals surface area contributed by atoms with E-state index in [0.717, 1.165) is 37.4 Å². The molecule has 0 saturated carbocycles. The van der Waals surface area contributed by atoms with Crippen molar-refractivity contribution in [1.29, 1.82) is 5.26 Å². The van der Waals surface area contributed by atoms with E-state index in [4.69, 9.17) is 0 Å². The monoisotopic (exact) mass is 284 g/mol. The van der Waals surface area contributed by atoms with Crippen molar-refractivity contribution in [3.05, 3.63) is 35.9 Å². The quantitative estimate of drug-likeness (QED) is 0.850. The van der Waals surface area contributed by atoms with Gasteiger partial charge >= 0.3 is 0 Å². The SMILES string of the molecule is CCC1CCCN(C(=O)C(C#N)Cc2ccccc2)CC1. The van der Waals surface area contributed by atoms with Crippen LogP contribution in [0.4, 0.5) is 0 Å². The van der Waals surface area contributed by atoms with Gasteiger partial charge in [0.15, 0.2) is 0 Å². The summed E-state index contributed by atoms with van der Waals surface area (Å²) in [6.45, 7) is 3.84. The number of nitrogens with zero attached hydrogens (tertiary/aromatic N) is 2. The molecule has 21 heavy (non-hydrogen) atoms. The molecule has 3 nitrogen and oxygen atoms in total. The smallest absolute Gasteiger partial charge is 0.240 e. The fourth-order valence-electron chi connectivity index (χ4n) is 3.05. The molecule has 0 radical (unpaired) electrons. The van der Waals surface area contributed by atoms with Crippen molar-refractivity contribution in [3.8, 4) is 6.07 Å². The van der Waals surface area contributed by atoms with Crippen molar-refractivity contribution in [2.75, 3.05) is 13.1 Å². The van der Waals surface area contributed by atoms with E-state index >= 15 is 0 Å². The summed E-state index contributed by atoms with van der Waals surface area (Å²) in [4.78, 5) is 14.5. The van der Waals surface area contributed by atoms with Crippen LogP contribution in [0.3, 0.4) is 0 Å². The second kappa shape index (κ2) is 7.83. The zero-order valence-corrected chi connectivity index (χ0v) is 12.8. The van der Waals surface area contributed by atoms with Crippen molar-refractivity contribution in [2.24, 2.45) is 11.8 Å². The van der Waals surface area contributed by atoms with Gasteiger partial charge in [-0.15, -0.1) is 0 Å². The minimum atomic E-state index is -0.550. The summed E-state index contributed by atoms with van der Waals surface area (Å²) in [6, 6.07) is 12.0. The molecule has 0 spiro atoms. The molecule has 2 rings (SSSR count). The highest BCUT2D eigenvalue weighted by Crippen LogP contribution is 2.22. The highest BCUT2D eigenvalue weighted by molar-refractivity contribution is 5.81. The molecule has 0 N–H and O–H groups in total. The number of nitriles is 1. The lowest BCUT2D eigenvalue weighted by Crippen LogP contribution is -2.37. The highest BCUT2D eigenvalue weighted by Gasteiger charge is 2.26. The van der Waals surface area contributed by atoms with Crippen LogP contribution in [0.5, 0.6) is 0 Å². The van der Waals surface area contributed by atoms with Crippen molar-refractivity contribution in [3.63, 3.8) is 0 Å². The number of hydrogen-bond donors (Lipinski definition) is 0. The van der Waals surface area contributed by atoms with Crippen LogP contribution in [-0.2, 0) is 11.2 Å².